The van der Waals surface area contributed by atoms with Gasteiger partial charge >= 0.3 is 0 Å². The highest BCUT2D eigenvalue weighted by molar-refractivity contribution is 8.00. The van der Waals surface area contributed by atoms with Crippen molar-refractivity contribution < 1.29 is 9.53 Å². The van der Waals surface area contributed by atoms with Gasteiger partial charge in [0.15, 0.2) is 0 Å². The number of amides is 1. The summed E-state index contributed by atoms with van der Waals surface area (Å²) in [5, 5.41) is 12.6. The molecule has 28 heavy (non-hydrogen) atoms. The van der Waals surface area contributed by atoms with E-state index in [9.17, 15) is 10.1 Å². The molecule has 1 N–H and O–H groups in total. The molecule has 1 saturated heterocycles. The Morgan fingerprint density at radius 1 is 1.29 bits per heavy atom. The SMILES string of the molecule is Cc1cc(C)c(C#N)c(S[C@H](C)C(=O)Nc2ccc(N3CCOCC3)cc2)n1. The third-order valence-electron chi connectivity index (χ3n) is 4.59. The molecule has 1 aromatic carbocycles. The molecular weight excluding hydrogens is 372 g/mol. The van der Waals surface area contributed by atoms with Gasteiger partial charge in [0.25, 0.3) is 0 Å². The number of nitrogens with one attached hydrogen (secondary N) is 1. The lowest BCUT2D eigenvalue weighted by Gasteiger charge is -2.28. The van der Waals surface area contributed by atoms with Crippen LogP contribution in [-0.2, 0) is 9.53 Å². The summed E-state index contributed by atoms with van der Waals surface area (Å²) < 4.78 is 5.38. The van der Waals surface area contributed by atoms with Gasteiger partial charge in [-0.2, -0.15) is 5.26 Å². The van der Waals surface area contributed by atoms with Crippen molar-refractivity contribution in [1.82, 2.24) is 4.98 Å². The number of hydrogen-bond donors (Lipinski definition) is 1. The van der Waals surface area contributed by atoms with E-state index in [1.165, 1.54) is 11.8 Å². The highest BCUT2D eigenvalue weighted by Gasteiger charge is 2.19. The molecule has 3 rings (SSSR count). The molecule has 0 radical (unpaired) electrons. The summed E-state index contributed by atoms with van der Waals surface area (Å²) in [6.45, 7) is 8.83. The van der Waals surface area contributed by atoms with Gasteiger partial charge in [-0.15, -0.1) is 0 Å². The molecule has 1 aliphatic rings. The van der Waals surface area contributed by atoms with Gasteiger partial charge in [0, 0.05) is 30.2 Å². The standard InChI is InChI=1S/C21H24N4O2S/c1-14-12-15(2)23-21(19(14)13-22)28-16(3)20(26)24-17-4-6-18(7-5-17)25-8-10-27-11-9-25/h4-7,12,16H,8-11H2,1-3H3,(H,24,26)/t16-/m1/s1. The first-order valence-corrected chi connectivity index (χ1v) is 10.1. The molecule has 0 bridgehead atoms. The highest BCUT2D eigenvalue weighted by Crippen LogP contribution is 2.28. The second kappa shape index (κ2) is 9.09. The van der Waals surface area contributed by atoms with Crippen LogP contribution in [0.3, 0.4) is 0 Å². The van der Waals surface area contributed by atoms with E-state index >= 15 is 0 Å². The normalized spacial score (nSPS) is 15.0. The van der Waals surface area contributed by atoms with Gasteiger partial charge in [0.05, 0.1) is 24.0 Å². The number of nitrogens with zero attached hydrogens (tertiary/aromatic N) is 3. The Morgan fingerprint density at radius 2 is 1.96 bits per heavy atom. The summed E-state index contributed by atoms with van der Waals surface area (Å²) in [4.78, 5) is 19.3. The van der Waals surface area contributed by atoms with Crippen LogP contribution in [0.5, 0.6) is 0 Å². The summed E-state index contributed by atoms with van der Waals surface area (Å²) in [6, 6.07) is 11.9. The predicted molar refractivity (Wildman–Crippen MR) is 112 cm³/mol. The van der Waals surface area contributed by atoms with E-state index in [0.29, 0.717) is 10.6 Å². The number of thioether (sulfide) groups is 1. The number of aromatic nitrogens is 1. The summed E-state index contributed by atoms with van der Waals surface area (Å²) in [5.74, 6) is -0.117. The zero-order valence-electron chi connectivity index (χ0n) is 16.4. The van der Waals surface area contributed by atoms with Crippen LogP contribution in [0.2, 0.25) is 0 Å². The first kappa shape index (κ1) is 20.2. The number of carbonyl (C=O) groups excluding carboxylic acids is 1. The minimum absolute atomic E-state index is 0.117. The van der Waals surface area contributed by atoms with Crippen LogP contribution in [0.1, 0.15) is 23.7 Å². The molecule has 1 aromatic heterocycles. The molecule has 1 amide bonds. The Kier molecular flexibility index (Phi) is 6.55. The number of rotatable bonds is 5. The third kappa shape index (κ3) is 4.83. The lowest BCUT2D eigenvalue weighted by molar-refractivity contribution is -0.115. The Hall–Kier alpha value is -2.56. The van der Waals surface area contributed by atoms with Crippen molar-refractivity contribution in [3.63, 3.8) is 0 Å². The predicted octanol–water partition coefficient (Wildman–Crippen LogP) is 3.53. The Balaban J connectivity index is 1.64. The van der Waals surface area contributed by atoms with Crippen molar-refractivity contribution in [2.45, 2.75) is 31.0 Å². The monoisotopic (exact) mass is 396 g/mol. The fraction of sp³-hybridized carbons (Fsp3) is 0.381. The summed E-state index contributed by atoms with van der Waals surface area (Å²) >= 11 is 1.31. The third-order valence-corrected chi connectivity index (χ3v) is 5.68. The van der Waals surface area contributed by atoms with Crippen LogP contribution in [0.4, 0.5) is 11.4 Å². The van der Waals surface area contributed by atoms with E-state index in [-0.39, 0.29) is 11.2 Å². The fourth-order valence-corrected chi connectivity index (χ4v) is 4.09. The Morgan fingerprint density at radius 3 is 2.61 bits per heavy atom. The van der Waals surface area contributed by atoms with Crippen LogP contribution in [-0.4, -0.2) is 42.4 Å². The lowest BCUT2D eigenvalue weighted by atomic mass is 10.1. The molecule has 6 nitrogen and oxygen atoms in total. The van der Waals surface area contributed by atoms with Gasteiger partial charge in [-0.05, 0) is 56.7 Å². The maximum atomic E-state index is 12.6. The zero-order valence-corrected chi connectivity index (χ0v) is 17.2. The van der Waals surface area contributed by atoms with Gasteiger partial charge in [0.2, 0.25) is 5.91 Å². The topological polar surface area (TPSA) is 78.2 Å². The van der Waals surface area contributed by atoms with Gasteiger partial charge in [-0.1, -0.05) is 11.8 Å². The van der Waals surface area contributed by atoms with Gasteiger partial charge in [0.1, 0.15) is 11.1 Å². The molecule has 1 fully saturated rings. The van der Waals surface area contributed by atoms with Gasteiger partial charge < -0.3 is 15.0 Å². The first-order valence-electron chi connectivity index (χ1n) is 9.26. The van der Waals surface area contributed by atoms with E-state index in [0.717, 1.165) is 48.9 Å². The number of anilines is 2. The maximum absolute atomic E-state index is 12.6. The number of carbonyl (C=O) groups is 1. The average molecular weight is 397 g/mol. The number of ether oxygens (including phenoxy) is 1. The maximum Gasteiger partial charge on any atom is 0.237 e. The number of hydrogen-bond acceptors (Lipinski definition) is 6. The number of nitriles is 1. The number of benzene rings is 1. The van der Waals surface area contributed by atoms with Crippen molar-refractivity contribution in [2.24, 2.45) is 0 Å². The van der Waals surface area contributed by atoms with E-state index in [2.05, 4.69) is 21.3 Å². The molecule has 0 aliphatic carbocycles. The van der Waals surface area contributed by atoms with Crippen molar-refractivity contribution in [2.75, 3.05) is 36.5 Å². The first-order chi connectivity index (χ1) is 13.5. The molecule has 1 aliphatic heterocycles. The van der Waals surface area contributed by atoms with Crippen LogP contribution in [0, 0.1) is 25.2 Å². The second-order valence-corrected chi connectivity index (χ2v) is 8.10. The lowest BCUT2D eigenvalue weighted by Crippen LogP contribution is -2.36. The van der Waals surface area contributed by atoms with Crippen LogP contribution in [0.25, 0.3) is 0 Å². The number of pyridine rings is 1. The summed E-state index contributed by atoms with van der Waals surface area (Å²) in [5.41, 5.74) is 4.13. The molecule has 146 valence electrons. The minimum Gasteiger partial charge on any atom is -0.378 e. The average Bonchev–Trinajstić information content (AvgIpc) is 2.69. The molecule has 1 atom stereocenters. The highest BCUT2D eigenvalue weighted by atomic mass is 32.2. The van der Waals surface area contributed by atoms with E-state index in [1.54, 1.807) is 0 Å². The number of aryl methyl sites for hydroxylation is 2. The molecule has 7 heteroatoms. The van der Waals surface area contributed by atoms with Crippen LogP contribution in [0.15, 0.2) is 35.4 Å². The Labute approximate surface area is 169 Å². The minimum atomic E-state index is -0.375. The van der Waals surface area contributed by atoms with Crippen molar-refractivity contribution in [1.29, 1.82) is 5.26 Å². The Bertz CT molecular complexity index is 887. The van der Waals surface area contributed by atoms with Gasteiger partial charge in [-0.25, -0.2) is 4.98 Å². The molecule has 0 spiro atoms. The van der Waals surface area contributed by atoms with E-state index < -0.39 is 0 Å². The summed E-state index contributed by atoms with van der Waals surface area (Å²) in [7, 11) is 0. The molecule has 2 aromatic rings. The molecule has 0 saturated carbocycles. The van der Waals surface area contributed by atoms with Crippen molar-refractivity contribution in [3.05, 3.63) is 47.2 Å². The van der Waals surface area contributed by atoms with Crippen LogP contribution < -0.4 is 10.2 Å². The molecular formula is C21H24N4O2S. The van der Waals surface area contributed by atoms with Gasteiger partial charge in [-0.3, -0.25) is 4.79 Å². The zero-order chi connectivity index (χ0) is 20.1. The van der Waals surface area contributed by atoms with E-state index in [1.807, 2.05) is 51.1 Å². The smallest absolute Gasteiger partial charge is 0.237 e. The quantitative estimate of drug-likeness (QED) is 0.779. The molecule has 0 unspecified atom stereocenters. The summed E-state index contributed by atoms with van der Waals surface area (Å²) in [6.07, 6.45) is 0. The van der Waals surface area contributed by atoms with Crippen LogP contribution >= 0.6 is 11.8 Å². The number of morpholine rings is 1. The largest absolute Gasteiger partial charge is 0.378 e. The van der Waals surface area contributed by atoms with E-state index in [4.69, 9.17) is 4.74 Å². The molecule has 2 heterocycles. The fourth-order valence-electron chi connectivity index (χ4n) is 3.07. The van der Waals surface area contributed by atoms with Crippen molar-refractivity contribution in [3.8, 4) is 6.07 Å². The van der Waals surface area contributed by atoms with Crippen molar-refractivity contribution >= 4 is 29.0 Å². The second-order valence-electron chi connectivity index (χ2n) is 6.77.